The number of anilines is 2. The van der Waals surface area contributed by atoms with Crippen molar-refractivity contribution in [3.8, 4) is 0 Å². The van der Waals surface area contributed by atoms with Crippen LogP contribution in [0.2, 0.25) is 0 Å². The van der Waals surface area contributed by atoms with Gasteiger partial charge in [-0.1, -0.05) is 6.07 Å². The molecule has 1 aliphatic heterocycles. The molecule has 1 saturated heterocycles. The lowest BCUT2D eigenvalue weighted by atomic mass is 10.1. The average molecular weight is 251 g/mol. The molecule has 1 aromatic rings. The summed E-state index contributed by atoms with van der Waals surface area (Å²) in [5, 5.41) is 14.1. The molecule has 6 heteroatoms. The maximum absolute atomic E-state index is 11.0. The molecule has 0 aliphatic carbocycles. The second-order valence-electron chi connectivity index (χ2n) is 4.49. The standard InChI is InChI=1S/C12H17N3O3/c1-8(11-6-3-7-18-11)14-10-5-2-4-9(13)12(10)15(16)17/h2,4-5,8,11,14H,3,6-7,13H2,1H3. The highest BCUT2D eigenvalue weighted by atomic mass is 16.6. The zero-order chi connectivity index (χ0) is 13.1. The number of ether oxygens (including phenoxy) is 1. The number of nitrogens with two attached hydrogens (primary N) is 1. The van der Waals surface area contributed by atoms with Gasteiger partial charge in [-0.25, -0.2) is 0 Å². The molecule has 2 rings (SSSR count). The number of nitro groups is 1. The Bertz CT molecular complexity index is 444. The Morgan fingerprint density at radius 1 is 1.61 bits per heavy atom. The number of nitrogens with one attached hydrogen (secondary N) is 1. The van der Waals surface area contributed by atoms with E-state index in [1.165, 1.54) is 6.07 Å². The van der Waals surface area contributed by atoms with Crippen LogP contribution in [0, 0.1) is 10.1 Å². The molecule has 0 spiro atoms. The first kappa shape index (κ1) is 12.6. The van der Waals surface area contributed by atoms with Crippen molar-refractivity contribution in [1.82, 2.24) is 0 Å². The van der Waals surface area contributed by atoms with Gasteiger partial charge in [0.2, 0.25) is 0 Å². The Kier molecular flexibility index (Phi) is 3.66. The maximum Gasteiger partial charge on any atom is 0.314 e. The van der Waals surface area contributed by atoms with E-state index in [1.54, 1.807) is 12.1 Å². The molecule has 18 heavy (non-hydrogen) atoms. The van der Waals surface area contributed by atoms with Gasteiger partial charge in [0.1, 0.15) is 11.4 Å². The first-order valence-electron chi connectivity index (χ1n) is 6.00. The van der Waals surface area contributed by atoms with Crippen LogP contribution in [0.5, 0.6) is 0 Å². The zero-order valence-corrected chi connectivity index (χ0v) is 10.3. The van der Waals surface area contributed by atoms with E-state index in [1.807, 2.05) is 6.92 Å². The van der Waals surface area contributed by atoms with E-state index in [2.05, 4.69) is 5.32 Å². The van der Waals surface area contributed by atoms with Crippen molar-refractivity contribution in [2.45, 2.75) is 31.9 Å². The van der Waals surface area contributed by atoms with Gasteiger partial charge in [0.15, 0.2) is 0 Å². The molecule has 0 radical (unpaired) electrons. The highest BCUT2D eigenvalue weighted by molar-refractivity contribution is 5.74. The molecule has 1 aromatic carbocycles. The van der Waals surface area contributed by atoms with Gasteiger partial charge in [0.25, 0.3) is 0 Å². The van der Waals surface area contributed by atoms with Crippen LogP contribution in [0.15, 0.2) is 18.2 Å². The smallest absolute Gasteiger partial charge is 0.314 e. The SMILES string of the molecule is CC(Nc1cccc(N)c1[N+](=O)[O-])C1CCCO1. The van der Waals surface area contributed by atoms with E-state index in [0.717, 1.165) is 19.4 Å². The van der Waals surface area contributed by atoms with Gasteiger partial charge in [-0.2, -0.15) is 0 Å². The van der Waals surface area contributed by atoms with Crippen LogP contribution in [0.3, 0.4) is 0 Å². The molecular formula is C12H17N3O3. The van der Waals surface area contributed by atoms with Crippen LogP contribution in [-0.2, 0) is 4.74 Å². The van der Waals surface area contributed by atoms with Crippen LogP contribution in [-0.4, -0.2) is 23.7 Å². The van der Waals surface area contributed by atoms with Crippen molar-refractivity contribution in [3.63, 3.8) is 0 Å². The van der Waals surface area contributed by atoms with E-state index >= 15 is 0 Å². The maximum atomic E-state index is 11.0. The van der Waals surface area contributed by atoms with E-state index in [-0.39, 0.29) is 23.5 Å². The van der Waals surface area contributed by atoms with Crippen LogP contribution >= 0.6 is 0 Å². The third kappa shape index (κ3) is 2.53. The number of hydrogen-bond donors (Lipinski definition) is 2. The molecule has 1 heterocycles. The van der Waals surface area contributed by atoms with E-state index < -0.39 is 4.92 Å². The molecule has 2 atom stereocenters. The van der Waals surface area contributed by atoms with Crippen LogP contribution in [0.4, 0.5) is 17.1 Å². The Morgan fingerprint density at radius 3 is 3.00 bits per heavy atom. The van der Waals surface area contributed by atoms with Gasteiger partial charge in [-0.3, -0.25) is 10.1 Å². The van der Waals surface area contributed by atoms with Gasteiger partial charge >= 0.3 is 5.69 Å². The summed E-state index contributed by atoms with van der Waals surface area (Å²) in [6.07, 6.45) is 2.12. The van der Waals surface area contributed by atoms with Gasteiger partial charge in [0, 0.05) is 12.6 Å². The summed E-state index contributed by atoms with van der Waals surface area (Å²) < 4.78 is 5.55. The van der Waals surface area contributed by atoms with Crippen molar-refractivity contribution >= 4 is 17.1 Å². The Balaban J connectivity index is 2.17. The number of hydrogen-bond acceptors (Lipinski definition) is 5. The fourth-order valence-corrected chi connectivity index (χ4v) is 2.22. The highest BCUT2D eigenvalue weighted by Crippen LogP contribution is 2.31. The molecule has 0 saturated carbocycles. The minimum Gasteiger partial charge on any atom is -0.393 e. The third-order valence-electron chi connectivity index (χ3n) is 3.16. The second-order valence-corrected chi connectivity index (χ2v) is 4.49. The summed E-state index contributed by atoms with van der Waals surface area (Å²) in [4.78, 5) is 10.5. The van der Waals surface area contributed by atoms with Gasteiger partial charge in [0.05, 0.1) is 11.0 Å². The van der Waals surface area contributed by atoms with E-state index in [0.29, 0.717) is 5.69 Å². The number of nitrogens with zero attached hydrogens (tertiary/aromatic N) is 1. The fraction of sp³-hybridized carbons (Fsp3) is 0.500. The molecule has 1 aliphatic rings. The largest absolute Gasteiger partial charge is 0.393 e. The first-order chi connectivity index (χ1) is 8.59. The normalized spacial score (nSPS) is 20.6. The number of rotatable bonds is 4. The predicted octanol–water partition coefficient (Wildman–Crippen LogP) is 2.16. The van der Waals surface area contributed by atoms with Gasteiger partial charge in [-0.15, -0.1) is 0 Å². The van der Waals surface area contributed by atoms with E-state index in [4.69, 9.17) is 10.5 Å². The van der Waals surface area contributed by atoms with Crippen LogP contribution < -0.4 is 11.1 Å². The monoisotopic (exact) mass is 251 g/mol. The quantitative estimate of drug-likeness (QED) is 0.486. The van der Waals surface area contributed by atoms with Crippen molar-refractivity contribution in [2.75, 3.05) is 17.7 Å². The summed E-state index contributed by atoms with van der Waals surface area (Å²) in [5.74, 6) is 0. The Labute approximate surface area is 105 Å². The first-order valence-corrected chi connectivity index (χ1v) is 6.00. The predicted molar refractivity (Wildman–Crippen MR) is 69.6 cm³/mol. The zero-order valence-electron chi connectivity index (χ0n) is 10.3. The molecule has 3 N–H and O–H groups in total. The van der Waals surface area contributed by atoms with Crippen molar-refractivity contribution in [1.29, 1.82) is 0 Å². The third-order valence-corrected chi connectivity index (χ3v) is 3.16. The van der Waals surface area contributed by atoms with Crippen molar-refractivity contribution in [3.05, 3.63) is 28.3 Å². The average Bonchev–Trinajstić information content (AvgIpc) is 2.81. The molecule has 1 fully saturated rings. The van der Waals surface area contributed by atoms with Crippen LogP contribution in [0.25, 0.3) is 0 Å². The summed E-state index contributed by atoms with van der Waals surface area (Å²) in [6.45, 7) is 2.72. The molecule has 0 amide bonds. The summed E-state index contributed by atoms with van der Waals surface area (Å²) in [5.41, 5.74) is 6.19. The molecule has 2 unspecified atom stereocenters. The minimum absolute atomic E-state index is 0.0213. The molecule has 6 nitrogen and oxygen atoms in total. The lowest BCUT2D eigenvalue weighted by molar-refractivity contribution is -0.383. The Morgan fingerprint density at radius 2 is 2.39 bits per heavy atom. The second kappa shape index (κ2) is 5.22. The minimum atomic E-state index is -0.458. The lowest BCUT2D eigenvalue weighted by Crippen LogP contribution is -2.30. The lowest BCUT2D eigenvalue weighted by Gasteiger charge is -2.21. The molecule has 0 bridgehead atoms. The van der Waals surface area contributed by atoms with Gasteiger partial charge < -0.3 is 15.8 Å². The van der Waals surface area contributed by atoms with Crippen molar-refractivity contribution in [2.24, 2.45) is 0 Å². The fourth-order valence-electron chi connectivity index (χ4n) is 2.22. The summed E-state index contributed by atoms with van der Waals surface area (Å²) in [6, 6.07) is 4.92. The summed E-state index contributed by atoms with van der Waals surface area (Å²) >= 11 is 0. The number of nitro benzene ring substituents is 1. The van der Waals surface area contributed by atoms with E-state index in [9.17, 15) is 10.1 Å². The topological polar surface area (TPSA) is 90.4 Å². The number of nitrogen functional groups attached to an aromatic ring is 1. The molecule has 98 valence electrons. The Hall–Kier alpha value is -1.82. The molecular weight excluding hydrogens is 234 g/mol. The number of para-hydroxylation sites is 1. The van der Waals surface area contributed by atoms with Gasteiger partial charge in [-0.05, 0) is 31.9 Å². The highest BCUT2D eigenvalue weighted by Gasteiger charge is 2.25. The van der Waals surface area contributed by atoms with Crippen LogP contribution in [0.1, 0.15) is 19.8 Å². The summed E-state index contributed by atoms with van der Waals surface area (Å²) in [7, 11) is 0. The number of benzene rings is 1. The molecule has 0 aromatic heterocycles. The van der Waals surface area contributed by atoms with Crippen molar-refractivity contribution < 1.29 is 9.66 Å².